The third-order valence-corrected chi connectivity index (χ3v) is 6.95. The fourth-order valence-electron chi connectivity index (χ4n) is 3.52. The molecule has 6 nitrogen and oxygen atoms in total. The van der Waals surface area contributed by atoms with Crippen LogP contribution >= 0.6 is 22.7 Å². The average molecular weight is 442 g/mol. The van der Waals surface area contributed by atoms with Crippen molar-refractivity contribution in [1.29, 1.82) is 0 Å². The monoisotopic (exact) mass is 441 g/mol. The van der Waals surface area contributed by atoms with Crippen LogP contribution in [0, 0.1) is 0 Å². The summed E-state index contributed by atoms with van der Waals surface area (Å²) in [5, 5.41) is 4.97. The second-order valence-corrected chi connectivity index (χ2v) is 8.89. The summed E-state index contributed by atoms with van der Waals surface area (Å²) in [6.45, 7) is 3.13. The molecule has 2 aromatic heterocycles. The predicted octanol–water partition coefficient (Wildman–Crippen LogP) is 4.07. The molecule has 4 rings (SSSR count). The van der Waals surface area contributed by atoms with Gasteiger partial charge < -0.3 is 14.5 Å². The first-order valence-corrected chi connectivity index (χ1v) is 11.6. The van der Waals surface area contributed by atoms with Crippen LogP contribution in [0.5, 0.6) is 5.75 Å². The molecule has 2 amide bonds. The lowest BCUT2D eigenvalue weighted by molar-refractivity contribution is -0.136. The maximum atomic E-state index is 13.1. The predicted molar refractivity (Wildman–Crippen MR) is 119 cm³/mol. The number of carbonyl (C=O) groups is 2. The number of ether oxygens (including phenoxy) is 1. The molecule has 0 saturated carbocycles. The normalized spacial score (nSPS) is 16.9. The Hall–Kier alpha value is -2.71. The lowest BCUT2D eigenvalue weighted by Crippen LogP contribution is -2.40. The Morgan fingerprint density at radius 2 is 1.93 bits per heavy atom. The number of aromatic nitrogens is 1. The minimum Gasteiger partial charge on any atom is -0.484 e. The lowest BCUT2D eigenvalue weighted by atomic mass is 10.2. The molecule has 0 N–H and O–H groups in total. The number of benzene rings is 1. The average Bonchev–Trinajstić information content (AvgIpc) is 3.41. The van der Waals surface area contributed by atoms with Crippen LogP contribution in [0.3, 0.4) is 0 Å². The molecule has 1 saturated heterocycles. The Morgan fingerprint density at radius 1 is 1.10 bits per heavy atom. The fourth-order valence-corrected chi connectivity index (χ4v) is 5.25. The van der Waals surface area contributed by atoms with E-state index in [9.17, 15) is 9.59 Å². The summed E-state index contributed by atoms with van der Waals surface area (Å²) in [4.78, 5) is 34.6. The highest BCUT2D eigenvalue weighted by Crippen LogP contribution is 2.33. The van der Waals surface area contributed by atoms with E-state index in [1.54, 1.807) is 34.5 Å². The highest BCUT2D eigenvalue weighted by molar-refractivity contribution is 7.14. The first-order chi connectivity index (χ1) is 14.6. The number of nitrogens with zero attached hydrogens (tertiary/aromatic N) is 3. The Balaban J connectivity index is 1.54. The minimum absolute atomic E-state index is 0.0296. The summed E-state index contributed by atoms with van der Waals surface area (Å²) in [6.07, 6.45) is 0.661. The molecule has 3 heterocycles. The van der Waals surface area contributed by atoms with Crippen molar-refractivity contribution in [3.05, 3.63) is 58.2 Å². The molecular formula is C22H23N3O3S2. The number of thiophene rings is 1. The standard InChI is InChI=1S/C22H23N3O3S2/c1-16(26)24-10-9-19(22-23-18(15-30-22)20-8-5-13-29-20)25(12-11-24)21(27)14-28-17-6-3-2-4-7-17/h2-8,13,15,19H,9-12,14H2,1H3. The molecule has 0 aliphatic carbocycles. The Kier molecular flexibility index (Phi) is 6.44. The van der Waals surface area contributed by atoms with Gasteiger partial charge in [0.1, 0.15) is 10.8 Å². The van der Waals surface area contributed by atoms with E-state index in [1.165, 1.54) is 0 Å². The molecule has 0 bridgehead atoms. The summed E-state index contributed by atoms with van der Waals surface area (Å²) in [5.74, 6) is 0.598. The van der Waals surface area contributed by atoms with Crippen molar-refractivity contribution in [2.45, 2.75) is 19.4 Å². The van der Waals surface area contributed by atoms with Crippen LogP contribution in [0.15, 0.2) is 53.2 Å². The molecule has 8 heteroatoms. The molecule has 3 aromatic rings. The third kappa shape index (κ3) is 4.71. The summed E-state index contributed by atoms with van der Waals surface area (Å²) in [6, 6.07) is 13.2. The van der Waals surface area contributed by atoms with Crippen molar-refractivity contribution < 1.29 is 14.3 Å². The van der Waals surface area contributed by atoms with Crippen molar-refractivity contribution in [3.63, 3.8) is 0 Å². The van der Waals surface area contributed by atoms with Gasteiger partial charge in [-0.15, -0.1) is 22.7 Å². The van der Waals surface area contributed by atoms with Gasteiger partial charge >= 0.3 is 0 Å². The van der Waals surface area contributed by atoms with E-state index in [2.05, 4.69) is 0 Å². The van der Waals surface area contributed by atoms with Gasteiger partial charge in [-0.25, -0.2) is 4.98 Å². The number of hydrogen-bond acceptors (Lipinski definition) is 6. The van der Waals surface area contributed by atoms with Crippen LogP contribution in [0.1, 0.15) is 24.4 Å². The smallest absolute Gasteiger partial charge is 0.261 e. The summed E-state index contributed by atoms with van der Waals surface area (Å²) in [7, 11) is 0. The number of hydrogen-bond donors (Lipinski definition) is 0. The van der Waals surface area contributed by atoms with Gasteiger partial charge in [0.15, 0.2) is 6.61 Å². The maximum absolute atomic E-state index is 13.1. The van der Waals surface area contributed by atoms with Crippen LogP contribution in [0.25, 0.3) is 10.6 Å². The summed E-state index contributed by atoms with van der Waals surface area (Å²) < 4.78 is 5.70. The van der Waals surface area contributed by atoms with E-state index >= 15 is 0 Å². The zero-order chi connectivity index (χ0) is 20.9. The Bertz CT molecular complexity index is 988. The second kappa shape index (κ2) is 9.40. The first kappa shape index (κ1) is 20.6. The minimum atomic E-state index is -0.167. The molecule has 1 atom stereocenters. The van der Waals surface area contributed by atoms with Crippen LogP contribution < -0.4 is 4.74 Å². The number of rotatable bonds is 5. The highest BCUT2D eigenvalue weighted by Gasteiger charge is 2.32. The lowest BCUT2D eigenvalue weighted by Gasteiger charge is -2.28. The summed E-state index contributed by atoms with van der Waals surface area (Å²) in [5.41, 5.74) is 0.936. The van der Waals surface area contributed by atoms with Crippen LogP contribution in [-0.4, -0.2) is 52.8 Å². The van der Waals surface area contributed by atoms with Crippen molar-refractivity contribution in [2.24, 2.45) is 0 Å². The quantitative estimate of drug-likeness (QED) is 0.599. The van der Waals surface area contributed by atoms with Gasteiger partial charge in [-0.05, 0) is 30.0 Å². The molecule has 156 valence electrons. The largest absolute Gasteiger partial charge is 0.484 e. The Labute approximate surface area is 183 Å². The number of thiazole rings is 1. The van der Waals surface area contributed by atoms with Gasteiger partial charge in [-0.3, -0.25) is 9.59 Å². The van der Waals surface area contributed by atoms with Crippen molar-refractivity contribution >= 4 is 34.5 Å². The van der Waals surface area contributed by atoms with Gasteiger partial charge in [0.05, 0.1) is 16.6 Å². The highest BCUT2D eigenvalue weighted by atomic mass is 32.1. The zero-order valence-corrected chi connectivity index (χ0v) is 18.3. The van der Waals surface area contributed by atoms with E-state index in [-0.39, 0.29) is 24.5 Å². The van der Waals surface area contributed by atoms with Gasteiger partial charge in [-0.1, -0.05) is 24.3 Å². The Morgan fingerprint density at radius 3 is 2.67 bits per heavy atom. The number of carbonyl (C=O) groups excluding carboxylic acids is 2. The maximum Gasteiger partial charge on any atom is 0.261 e. The van der Waals surface area contributed by atoms with E-state index in [1.807, 2.05) is 58.1 Å². The fraction of sp³-hybridized carbons (Fsp3) is 0.318. The van der Waals surface area contributed by atoms with Crippen LogP contribution in [0.4, 0.5) is 0 Å². The van der Waals surface area contributed by atoms with E-state index in [0.29, 0.717) is 31.8 Å². The molecule has 1 aliphatic heterocycles. The topological polar surface area (TPSA) is 62.7 Å². The molecule has 0 radical (unpaired) electrons. The second-order valence-electron chi connectivity index (χ2n) is 7.05. The van der Waals surface area contributed by atoms with Gasteiger partial charge in [0.2, 0.25) is 5.91 Å². The zero-order valence-electron chi connectivity index (χ0n) is 16.7. The molecule has 0 spiro atoms. The van der Waals surface area contributed by atoms with Crippen molar-refractivity contribution in [3.8, 4) is 16.3 Å². The van der Waals surface area contributed by atoms with E-state index in [0.717, 1.165) is 15.6 Å². The van der Waals surface area contributed by atoms with Crippen molar-refractivity contribution in [1.82, 2.24) is 14.8 Å². The van der Waals surface area contributed by atoms with Gasteiger partial charge in [0, 0.05) is 31.9 Å². The van der Waals surface area contributed by atoms with Crippen LogP contribution in [0.2, 0.25) is 0 Å². The van der Waals surface area contributed by atoms with Crippen LogP contribution in [-0.2, 0) is 9.59 Å². The molecular weight excluding hydrogens is 418 g/mol. The van der Waals surface area contributed by atoms with E-state index < -0.39 is 0 Å². The molecule has 1 unspecified atom stereocenters. The molecule has 30 heavy (non-hydrogen) atoms. The SMILES string of the molecule is CC(=O)N1CCC(c2nc(-c3cccs3)cs2)N(C(=O)COc2ccccc2)CC1. The molecule has 1 aliphatic rings. The third-order valence-electron chi connectivity index (χ3n) is 5.11. The first-order valence-electron chi connectivity index (χ1n) is 9.84. The van der Waals surface area contributed by atoms with E-state index in [4.69, 9.17) is 9.72 Å². The van der Waals surface area contributed by atoms with Crippen molar-refractivity contribution in [2.75, 3.05) is 26.2 Å². The molecule has 1 fully saturated rings. The number of amides is 2. The summed E-state index contributed by atoms with van der Waals surface area (Å²) >= 11 is 3.21. The van der Waals surface area contributed by atoms with Gasteiger partial charge in [-0.2, -0.15) is 0 Å². The molecule has 1 aromatic carbocycles. The number of para-hydroxylation sites is 1. The van der Waals surface area contributed by atoms with Gasteiger partial charge in [0.25, 0.3) is 5.91 Å².